The van der Waals surface area contributed by atoms with Crippen molar-refractivity contribution < 1.29 is 13.2 Å². The molecule has 0 bridgehead atoms. The van der Waals surface area contributed by atoms with Crippen molar-refractivity contribution in [3.63, 3.8) is 0 Å². The second kappa shape index (κ2) is 4.40. The summed E-state index contributed by atoms with van der Waals surface area (Å²) in [6, 6.07) is 3.99. The summed E-state index contributed by atoms with van der Waals surface area (Å²) in [6.07, 6.45) is -4.48. The van der Waals surface area contributed by atoms with Crippen molar-refractivity contribution in [2.75, 3.05) is 0 Å². The van der Waals surface area contributed by atoms with Gasteiger partial charge in [0, 0.05) is 19.4 Å². The molecule has 1 aromatic carbocycles. The maximum Gasteiger partial charge on any atom is 0.433 e. The van der Waals surface area contributed by atoms with Gasteiger partial charge in [-0.1, -0.05) is 27.5 Å². The molecule has 90 valence electrons. The Kier molecular flexibility index (Phi) is 3.40. The van der Waals surface area contributed by atoms with Crippen molar-refractivity contribution >= 4 is 54.4 Å². The van der Waals surface area contributed by atoms with Crippen molar-refractivity contribution in [2.45, 2.75) is 6.18 Å². The quantitative estimate of drug-likeness (QED) is 0.585. The Bertz CT molecular complexity index is 598. The summed E-state index contributed by atoms with van der Waals surface area (Å²) in [5.41, 5.74) is -0.726. The van der Waals surface area contributed by atoms with E-state index in [4.69, 9.17) is 11.6 Å². The number of hydrogen-bond donors (Lipinski definition) is 0. The van der Waals surface area contributed by atoms with E-state index in [2.05, 4.69) is 36.8 Å². The SMILES string of the molecule is FC(F)(F)c1cc(Br)c2cc(Cl)cc(Br)c2n1. The molecule has 0 fully saturated rings. The number of pyridine rings is 1. The summed E-state index contributed by atoms with van der Waals surface area (Å²) in [5, 5.41) is 0.948. The summed E-state index contributed by atoms with van der Waals surface area (Å²) in [4.78, 5) is 3.59. The maximum atomic E-state index is 12.6. The van der Waals surface area contributed by atoms with Gasteiger partial charge in [0.05, 0.1) is 5.52 Å². The zero-order valence-electron chi connectivity index (χ0n) is 7.95. The first-order valence-corrected chi connectivity index (χ1v) is 6.28. The predicted octanol–water partition coefficient (Wildman–Crippen LogP) is 5.43. The summed E-state index contributed by atoms with van der Waals surface area (Å²) < 4.78 is 38.5. The van der Waals surface area contributed by atoms with Gasteiger partial charge >= 0.3 is 6.18 Å². The Morgan fingerprint density at radius 1 is 1.06 bits per heavy atom. The molecule has 1 nitrogen and oxygen atoms in total. The van der Waals surface area contributed by atoms with E-state index in [1.54, 1.807) is 6.07 Å². The summed E-state index contributed by atoms with van der Waals surface area (Å²) in [6.45, 7) is 0. The van der Waals surface area contributed by atoms with Crippen LogP contribution in [-0.2, 0) is 6.18 Å². The summed E-state index contributed by atoms with van der Waals surface area (Å²) >= 11 is 12.1. The molecular formula is C10H3Br2ClF3N. The number of fused-ring (bicyclic) bond motifs is 1. The third-order valence-electron chi connectivity index (χ3n) is 2.07. The molecule has 0 aliphatic heterocycles. The number of nitrogens with zero attached hydrogens (tertiary/aromatic N) is 1. The van der Waals surface area contributed by atoms with E-state index in [-0.39, 0.29) is 5.52 Å². The van der Waals surface area contributed by atoms with Crippen LogP contribution in [0.4, 0.5) is 13.2 Å². The first kappa shape index (κ1) is 13.1. The predicted molar refractivity (Wildman–Crippen MR) is 67.2 cm³/mol. The maximum absolute atomic E-state index is 12.6. The number of aromatic nitrogens is 1. The average Bonchev–Trinajstić information content (AvgIpc) is 2.17. The standard InChI is InChI=1S/C10H3Br2ClF3N/c11-6-3-8(10(14,15)16)17-9-5(6)1-4(13)2-7(9)12/h1-3H. The zero-order chi connectivity index (χ0) is 12.8. The third-order valence-corrected chi connectivity index (χ3v) is 3.55. The fourth-order valence-electron chi connectivity index (χ4n) is 1.36. The van der Waals surface area contributed by atoms with Crippen molar-refractivity contribution in [3.8, 4) is 0 Å². The van der Waals surface area contributed by atoms with E-state index in [9.17, 15) is 13.2 Å². The molecule has 0 aliphatic carbocycles. The van der Waals surface area contributed by atoms with Gasteiger partial charge in [0.15, 0.2) is 0 Å². The highest BCUT2D eigenvalue weighted by Crippen LogP contribution is 2.36. The highest BCUT2D eigenvalue weighted by atomic mass is 79.9. The van der Waals surface area contributed by atoms with E-state index < -0.39 is 11.9 Å². The van der Waals surface area contributed by atoms with Gasteiger partial charge < -0.3 is 0 Å². The minimum absolute atomic E-state index is 0.219. The van der Waals surface area contributed by atoms with E-state index in [0.717, 1.165) is 6.07 Å². The number of alkyl halides is 3. The first-order valence-electron chi connectivity index (χ1n) is 4.31. The van der Waals surface area contributed by atoms with Crippen LogP contribution in [0.3, 0.4) is 0 Å². The molecule has 7 heteroatoms. The van der Waals surface area contributed by atoms with Gasteiger partial charge in [-0.25, -0.2) is 4.98 Å². The Hall–Kier alpha value is -0.330. The van der Waals surface area contributed by atoms with Crippen LogP contribution in [0.5, 0.6) is 0 Å². The van der Waals surface area contributed by atoms with Crippen LogP contribution >= 0.6 is 43.5 Å². The molecule has 0 radical (unpaired) electrons. The highest BCUT2D eigenvalue weighted by Gasteiger charge is 2.33. The molecule has 0 atom stereocenters. The van der Waals surface area contributed by atoms with Crippen molar-refractivity contribution in [1.29, 1.82) is 0 Å². The van der Waals surface area contributed by atoms with Crippen LogP contribution in [0.2, 0.25) is 5.02 Å². The molecule has 2 aromatic rings. The van der Waals surface area contributed by atoms with Gasteiger partial charge in [0.2, 0.25) is 0 Å². The lowest BCUT2D eigenvalue weighted by molar-refractivity contribution is -0.141. The summed E-state index contributed by atoms with van der Waals surface area (Å²) in [5.74, 6) is 0. The van der Waals surface area contributed by atoms with Crippen molar-refractivity contribution in [1.82, 2.24) is 4.98 Å². The molecule has 0 aliphatic rings. The van der Waals surface area contributed by atoms with Crippen LogP contribution < -0.4 is 0 Å². The molecular weight excluding hydrogens is 386 g/mol. The molecule has 2 rings (SSSR count). The second-order valence-electron chi connectivity index (χ2n) is 3.27. The fraction of sp³-hybridized carbons (Fsp3) is 0.100. The van der Waals surface area contributed by atoms with Gasteiger partial charge in [-0.3, -0.25) is 0 Å². The molecule has 17 heavy (non-hydrogen) atoms. The fourth-order valence-corrected chi connectivity index (χ4v) is 2.78. The minimum Gasteiger partial charge on any atom is -0.242 e. The van der Waals surface area contributed by atoms with Gasteiger partial charge in [0.25, 0.3) is 0 Å². The van der Waals surface area contributed by atoms with Crippen LogP contribution in [-0.4, -0.2) is 4.98 Å². The molecule has 0 saturated heterocycles. The van der Waals surface area contributed by atoms with Gasteiger partial charge in [-0.05, 0) is 34.1 Å². The average molecular weight is 389 g/mol. The minimum atomic E-state index is -4.48. The number of benzene rings is 1. The van der Waals surface area contributed by atoms with E-state index in [0.29, 0.717) is 19.4 Å². The lowest BCUT2D eigenvalue weighted by Gasteiger charge is -2.09. The highest BCUT2D eigenvalue weighted by molar-refractivity contribution is 9.11. The van der Waals surface area contributed by atoms with Gasteiger partial charge in [-0.2, -0.15) is 13.2 Å². The number of rotatable bonds is 0. The van der Waals surface area contributed by atoms with Gasteiger partial charge in [-0.15, -0.1) is 0 Å². The largest absolute Gasteiger partial charge is 0.433 e. The second-order valence-corrected chi connectivity index (χ2v) is 5.42. The third kappa shape index (κ3) is 2.58. The lowest BCUT2D eigenvalue weighted by atomic mass is 10.2. The van der Waals surface area contributed by atoms with Gasteiger partial charge in [0.1, 0.15) is 5.69 Å². The van der Waals surface area contributed by atoms with Crippen molar-refractivity contribution in [3.05, 3.63) is 37.9 Å². The molecule has 0 amide bonds. The van der Waals surface area contributed by atoms with Crippen molar-refractivity contribution in [2.24, 2.45) is 0 Å². The molecule has 0 unspecified atom stereocenters. The lowest BCUT2D eigenvalue weighted by Crippen LogP contribution is -2.08. The number of hydrogen-bond acceptors (Lipinski definition) is 1. The van der Waals surface area contributed by atoms with Crippen LogP contribution in [0.1, 0.15) is 5.69 Å². The Labute approximate surface area is 116 Å². The van der Waals surface area contributed by atoms with Crippen LogP contribution in [0.25, 0.3) is 10.9 Å². The topological polar surface area (TPSA) is 12.9 Å². The molecule has 0 N–H and O–H groups in total. The Morgan fingerprint density at radius 2 is 1.71 bits per heavy atom. The monoisotopic (exact) mass is 387 g/mol. The summed E-state index contributed by atoms with van der Waals surface area (Å²) in [7, 11) is 0. The zero-order valence-corrected chi connectivity index (χ0v) is 11.9. The molecule has 1 heterocycles. The number of halogens is 6. The molecule has 1 aromatic heterocycles. The molecule has 0 spiro atoms. The van der Waals surface area contributed by atoms with E-state index >= 15 is 0 Å². The Balaban J connectivity index is 2.83. The first-order chi connectivity index (χ1) is 7.79. The van der Waals surface area contributed by atoms with Crippen LogP contribution in [0, 0.1) is 0 Å². The smallest absolute Gasteiger partial charge is 0.242 e. The molecule has 0 saturated carbocycles. The Morgan fingerprint density at radius 3 is 2.29 bits per heavy atom. The van der Waals surface area contributed by atoms with E-state index in [1.807, 2.05) is 0 Å². The normalized spacial score (nSPS) is 12.1. The van der Waals surface area contributed by atoms with Crippen LogP contribution in [0.15, 0.2) is 27.1 Å². The van der Waals surface area contributed by atoms with E-state index in [1.165, 1.54) is 6.07 Å².